The van der Waals surface area contributed by atoms with Gasteiger partial charge < -0.3 is 29.8 Å². The van der Waals surface area contributed by atoms with Gasteiger partial charge in [0.2, 0.25) is 5.60 Å². The van der Waals surface area contributed by atoms with Crippen LogP contribution in [0.2, 0.25) is 0 Å². The molecule has 0 spiro atoms. The first-order valence-corrected chi connectivity index (χ1v) is 9.79. The molecule has 3 N–H and O–H groups in total. The highest BCUT2D eigenvalue weighted by Crippen LogP contribution is 2.41. The number of nitrogens with two attached hydrogens (primary N) is 1. The summed E-state index contributed by atoms with van der Waals surface area (Å²) in [6.45, 7) is 5.65. The van der Waals surface area contributed by atoms with Gasteiger partial charge in [-0.2, -0.15) is 10.4 Å². The average molecular weight is 447 g/mol. The van der Waals surface area contributed by atoms with Gasteiger partial charge in [-0.25, -0.2) is 9.50 Å². The second-order valence-electron chi connectivity index (χ2n) is 8.35. The molecule has 2 aromatic heterocycles. The Morgan fingerprint density at radius 1 is 1.41 bits per heavy atom. The number of aliphatic hydroxyl groups excluding tert-OH is 1. The molecular weight excluding hydrogens is 422 g/mol. The van der Waals surface area contributed by atoms with Gasteiger partial charge in [-0.05, 0) is 32.9 Å². The molecule has 0 aromatic carbocycles. The van der Waals surface area contributed by atoms with Crippen LogP contribution in [0.25, 0.3) is 5.52 Å². The summed E-state index contributed by atoms with van der Waals surface area (Å²) in [5, 5.41) is 25.1. The third kappa shape index (κ3) is 4.22. The highest BCUT2D eigenvalue weighted by atomic mass is 16.7. The van der Waals surface area contributed by atoms with Crippen LogP contribution in [0.15, 0.2) is 18.5 Å². The fourth-order valence-electron chi connectivity index (χ4n) is 3.34. The van der Waals surface area contributed by atoms with Crippen molar-refractivity contribution in [1.29, 1.82) is 5.26 Å². The van der Waals surface area contributed by atoms with Crippen molar-refractivity contribution in [2.75, 3.05) is 19.1 Å². The molecule has 12 heteroatoms. The maximum absolute atomic E-state index is 11.9. The summed E-state index contributed by atoms with van der Waals surface area (Å²) < 4.78 is 22.9. The molecule has 4 atom stereocenters. The number of carbonyl (C=O) groups excluding carboxylic acids is 2. The zero-order chi connectivity index (χ0) is 23.7. The van der Waals surface area contributed by atoms with Gasteiger partial charge in [0, 0.05) is 6.92 Å². The number of nitrogens with zero attached hydrogens (tertiary/aromatic N) is 4. The topological polar surface area (TPSA) is 171 Å². The molecule has 0 bridgehead atoms. The summed E-state index contributed by atoms with van der Waals surface area (Å²) in [6, 6.07) is 5.08. The SMILES string of the molecule is CC(=O)O[C@H]1[C@@H](O)[C@](C#N)(c2ccc3c(N)ncnn23)O[C@@H]1COCOC(=O)C(C)(C)C. The normalized spacial score (nSPS) is 25.4. The van der Waals surface area contributed by atoms with Crippen LogP contribution in [-0.4, -0.2) is 63.4 Å². The molecular formula is C20H25N5O7. The van der Waals surface area contributed by atoms with Crippen molar-refractivity contribution in [2.24, 2.45) is 5.41 Å². The van der Waals surface area contributed by atoms with E-state index in [-0.39, 0.29) is 24.9 Å². The van der Waals surface area contributed by atoms with Crippen LogP contribution in [0.1, 0.15) is 33.4 Å². The molecule has 1 fully saturated rings. The largest absolute Gasteiger partial charge is 0.457 e. The fourth-order valence-corrected chi connectivity index (χ4v) is 3.34. The molecule has 3 rings (SSSR count). The summed E-state index contributed by atoms with van der Waals surface area (Å²) in [7, 11) is 0. The van der Waals surface area contributed by atoms with E-state index in [1.165, 1.54) is 23.8 Å². The number of nitrogen functional groups attached to an aromatic ring is 1. The van der Waals surface area contributed by atoms with E-state index in [1.54, 1.807) is 26.8 Å². The van der Waals surface area contributed by atoms with E-state index in [0.29, 0.717) is 5.52 Å². The third-order valence-electron chi connectivity index (χ3n) is 4.93. The molecule has 0 unspecified atom stereocenters. The number of anilines is 1. The molecule has 32 heavy (non-hydrogen) atoms. The predicted molar refractivity (Wildman–Crippen MR) is 107 cm³/mol. The Labute approximate surface area is 183 Å². The predicted octanol–water partition coefficient (Wildman–Crippen LogP) is 0.285. The van der Waals surface area contributed by atoms with Crippen molar-refractivity contribution in [3.8, 4) is 6.07 Å². The van der Waals surface area contributed by atoms with Crippen LogP contribution in [0.5, 0.6) is 0 Å². The summed E-state index contributed by atoms with van der Waals surface area (Å²) >= 11 is 0. The number of hydrogen-bond acceptors (Lipinski definition) is 11. The van der Waals surface area contributed by atoms with Crippen molar-refractivity contribution in [3.63, 3.8) is 0 Å². The number of aliphatic hydroxyl groups is 1. The lowest BCUT2D eigenvalue weighted by Crippen LogP contribution is -2.43. The number of rotatable bonds is 6. The monoisotopic (exact) mass is 447 g/mol. The van der Waals surface area contributed by atoms with E-state index in [4.69, 9.17) is 24.7 Å². The Balaban J connectivity index is 1.85. The second-order valence-corrected chi connectivity index (χ2v) is 8.35. The standard InChI is InChI=1S/C20H25N5O7/c1-11(26)31-15-13(7-29-10-30-18(28)19(2,3)4)32-20(8-21,16(15)27)14-6-5-12-17(22)23-9-24-25(12)14/h5-6,9,13,15-16,27H,7,10H2,1-4H3,(H2,22,23,24)/t13-,15-,16-,20+/m1/s1. The number of esters is 2. The van der Waals surface area contributed by atoms with E-state index < -0.39 is 41.3 Å². The van der Waals surface area contributed by atoms with Crippen molar-refractivity contribution in [3.05, 3.63) is 24.2 Å². The van der Waals surface area contributed by atoms with Crippen LogP contribution in [0.3, 0.4) is 0 Å². The maximum atomic E-state index is 11.9. The number of aromatic nitrogens is 3. The number of carbonyl (C=O) groups is 2. The first-order chi connectivity index (χ1) is 15.0. The molecule has 0 saturated carbocycles. The van der Waals surface area contributed by atoms with Crippen molar-refractivity contribution in [2.45, 2.75) is 51.6 Å². The maximum Gasteiger partial charge on any atom is 0.313 e. The van der Waals surface area contributed by atoms with Gasteiger partial charge in [0.25, 0.3) is 0 Å². The van der Waals surface area contributed by atoms with Crippen LogP contribution in [0.4, 0.5) is 5.82 Å². The van der Waals surface area contributed by atoms with E-state index in [0.717, 1.165) is 0 Å². The molecule has 172 valence electrons. The number of fused-ring (bicyclic) bond motifs is 1. The van der Waals surface area contributed by atoms with Gasteiger partial charge in [-0.1, -0.05) is 0 Å². The molecule has 0 radical (unpaired) electrons. The summed E-state index contributed by atoms with van der Waals surface area (Å²) in [6.07, 6.45) is -2.63. The molecule has 1 aliphatic heterocycles. The Morgan fingerprint density at radius 3 is 2.75 bits per heavy atom. The number of nitriles is 1. The Bertz CT molecular complexity index is 1060. The molecule has 1 aliphatic rings. The van der Waals surface area contributed by atoms with Gasteiger partial charge in [0.05, 0.1) is 17.7 Å². The van der Waals surface area contributed by atoms with Crippen LogP contribution < -0.4 is 5.73 Å². The lowest BCUT2D eigenvalue weighted by atomic mass is 9.92. The first-order valence-electron chi connectivity index (χ1n) is 9.79. The molecule has 2 aromatic rings. The molecule has 1 saturated heterocycles. The number of hydrogen-bond donors (Lipinski definition) is 2. The van der Waals surface area contributed by atoms with Gasteiger partial charge >= 0.3 is 11.9 Å². The average Bonchev–Trinajstić information content (AvgIpc) is 3.26. The Hall–Kier alpha value is -3.27. The van der Waals surface area contributed by atoms with Crippen molar-refractivity contribution < 1.29 is 33.6 Å². The molecule has 12 nitrogen and oxygen atoms in total. The quantitative estimate of drug-likeness (QED) is 0.354. The smallest absolute Gasteiger partial charge is 0.313 e. The van der Waals surface area contributed by atoms with Crippen molar-refractivity contribution in [1.82, 2.24) is 14.6 Å². The van der Waals surface area contributed by atoms with Crippen LogP contribution >= 0.6 is 0 Å². The van der Waals surface area contributed by atoms with Crippen LogP contribution in [0, 0.1) is 16.7 Å². The zero-order valence-corrected chi connectivity index (χ0v) is 18.1. The fraction of sp³-hybridized carbons (Fsp3) is 0.550. The van der Waals surface area contributed by atoms with Crippen molar-refractivity contribution >= 4 is 23.3 Å². The summed E-state index contributed by atoms with van der Waals surface area (Å²) in [5.74, 6) is -0.976. The minimum atomic E-state index is -1.94. The highest BCUT2D eigenvalue weighted by Gasteiger charge is 2.59. The molecule has 3 heterocycles. The van der Waals surface area contributed by atoms with E-state index in [2.05, 4.69) is 10.1 Å². The second kappa shape index (κ2) is 8.70. The minimum Gasteiger partial charge on any atom is -0.457 e. The van der Waals surface area contributed by atoms with E-state index >= 15 is 0 Å². The van der Waals surface area contributed by atoms with E-state index in [1.807, 2.05) is 6.07 Å². The Morgan fingerprint density at radius 2 is 2.12 bits per heavy atom. The first kappa shape index (κ1) is 23.4. The molecule has 0 aliphatic carbocycles. The van der Waals surface area contributed by atoms with Gasteiger partial charge in [-0.3, -0.25) is 9.59 Å². The van der Waals surface area contributed by atoms with Gasteiger partial charge in [0.1, 0.15) is 30.1 Å². The zero-order valence-electron chi connectivity index (χ0n) is 18.1. The highest BCUT2D eigenvalue weighted by molar-refractivity contribution is 5.75. The minimum absolute atomic E-state index is 0.170. The summed E-state index contributed by atoms with van der Waals surface area (Å²) in [5.41, 5.74) is 3.79. The Kier molecular flexibility index (Phi) is 6.36. The lowest BCUT2D eigenvalue weighted by Gasteiger charge is -2.24. The summed E-state index contributed by atoms with van der Waals surface area (Å²) in [4.78, 5) is 27.4. The lowest BCUT2D eigenvalue weighted by molar-refractivity contribution is -0.172. The number of ether oxygens (including phenoxy) is 4. The van der Waals surface area contributed by atoms with Gasteiger partial charge in [-0.15, -0.1) is 0 Å². The molecule has 0 amide bonds. The van der Waals surface area contributed by atoms with Gasteiger partial charge in [0.15, 0.2) is 18.7 Å². The van der Waals surface area contributed by atoms with Crippen LogP contribution in [-0.2, 0) is 34.1 Å². The third-order valence-corrected chi connectivity index (χ3v) is 4.93. The van der Waals surface area contributed by atoms with E-state index in [9.17, 15) is 20.0 Å².